The van der Waals surface area contributed by atoms with Crippen LogP contribution in [-0.2, 0) is 6.42 Å². The topological polar surface area (TPSA) is 0 Å². The van der Waals surface area contributed by atoms with Gasteiger partial charge < -0.3 is 0 Å². The molecule has 0 heterocycles. The van der Waals surface area contributed by atoms with E-state index in [1.807, 2.05) is 12.1 Å². The summed E-state index contributed by atoms with van der Waals surface area (Å²) in [4.78, 5) is 0. The van der Waals surface area contributed by atoms with Crippen molar-refractivity contribution in [1.29, 1.82) is 0 Å². The SMILES string of the molecule is CCC/C=C/c1cc2c(c3cc(F)ccc13)CC(/C=C/CCC)c1ccc(F)cc1-2. The summed E-state index contributed by atoms with van der Waals surface area (Å²) < 4.78 is 28.5. The van der Waals surface area contributed by atoms with Crippen LogP contribution in [0.5, 0.6) is 0 Å². The fraction of sp³-hybridized carbons (Fsp3) is 0.286. The Labute approximate surface area is 177 Å². The van der Waals surface area contributed by atoms with Gasteiger partial charge in [0.15, 0.2) is 0 Å². The third kappa shape index (κ3) is 3.96. The number of unbranched alkanes of at least 4 members (excludes halogenated alkanes) is 2. The van der Waals surface area contributed by atoms with Crippen LogP contribution in [-0.4, -0.2) is 0 Å². The molecule has 4 rings (SSSR count). The largest absolute Gasteiger partial charge is 0.207 e. The lowest BCUT2D eigenvalue weighted by Crippen LogP contribution is -2.11. The lowest BCUT2D eigenvalue weighted by molar-refractivity contribution is 0.626. The summed E-state index contributed by atoms with van der Waals surface area (Å²) >= 11 is 0. The van der Waals surface area contributed by atoms with Gasteiger partial charge >= 0.3 is 0 Å². The zero-order valence-electron chi connectivity index (χ0n) is 17.7. The molecule has 154 valence electrons. The van der Waals surface area contributed by atoms with Crippen molar-refractivity contribution >= 4 is 16.8 Å². The highest BCUT2D eigenvalue weighted by Crippen LogP contribution is 2.45. The van der Waals surface area contributed by atoms with Crippen LogP contribution in [0.4, 0.5) is 8.78 Å². The molecule has 0 aromatic heterocycles. The molecule has 0 fully saturated rings. The van der Waals surface area contributed by atoms with E-state index < -0.39 is 0 Å². The van der Waals surface area contributed by atoms with Crippen LogP contribution in [0.1, 0.15) is 62.1 Å². The highest BCUT2D eigenvalue weighted by Gasteiger charge is 2.26. The summed E-state index contributed by atoms with van der Waals surface area (Å²) in [5.74, 6) is -0.296. The minimum Gasteiger partial charge on any atom is -0.207 e. The lowest BCUT2D eigenvalue weighted by atomic mass is 9.76. The highest BCUT2D eigenvalue weighted by molar-refractivity contribution is 5.99. The van der Waals surface area contributed by atoms with Crippen LogP contribution in [0.15, 0.2) is 60.7 Å². The predicted molar refractivity (Wildman–Crippen MR) is 124 cm³/mol. The van der Waals surface area contributed by atoms with Gasteiger partial charge in [0, 0.05) is 5.92 Å². The Kier molecular flexibility index (Phi) is 6.13. The molecule has 0 saturated carbocycles. The Balaban J connectivity index is 1.96. The maximum Gasteiger partial charge on any atom is 0.123 e. The molecule has 1 unspecified atom stereocenters. The normalized spacial score (nSPS) is 15.8. The average molecular weight is 403 g/mol. The first-order chi connectivity index (χ1) is 14.6. The molecule has 30 heavy (non-hydrogen) atoms. The number of halogens is 2. The number of hydrogen-bond donors (Lipinski definition) is 0. The summed E-state index contributed by atoms with van der Waals surface area (Å²) in [6, 6.07) is 12.3. The van der Waals surface area contributed by atoms with Gasteiger partial charge in [0.25, 0.3) is 0 Å². The zero-order chi connectivity index (χ0) is 21.1. The zero-order valence-corrected chi connectivity index (χ0v) is 17.7. The molecular formula is C28H28F2. The quantitative estimate of drug-likeness (QED) is 0.362. The summed E-state index contributed by atoms with van der Waals surface area (Å²) in [6.45, 7) is 4.31. The third-order valence-corrected chi connectivity index (χ3v) is 5.95. The van der Waals surface area contributed by atoms with Crippen molar-refractivity contribution in [3.63, 3.8) is 0 Å². The third-order valence-electron chi connectivity index (χ3n) is 5.95. The summed E-state index contributed by atoms with van der Waals surface area (Å²) in [6.07, 6.45) is 13.7. The Morgan fingerprint density at radius 2 is 1.57 bits per heavy atom. The molecule has 0 saturated heterocycles. The molecule has 0 N–H and O–H groups in total. The van der Waals surface area contributed by atoms with Gasteiger partial charge in [0.1, 0.15) is 11.6 Å². The van der Waals surface area contributed by atoms with Crippen molar-refractivity contribution in [2.45, 2.75) is 51.9 Å². The number of fused-ring (bicyclic) bond motifs is 5. The van der Waals surface area contributed by atoms with E-state index >= 15 is 0 Å². The van der Waals surface area contributed by atoms with Crippen molar-refractivity contribution in [1.82, 2.24) is 0 Å². The number of benzene rings is 3. The van der Waals surface area contributed by atoms with E-state index in [2.05, 4.69) is 44.2 Å². The molecule has 3 aromatic rings. The van der Waals surface area contributed by atoms with Gasteiger partial charge in [-0.05, 0) is 88.2 Å². The molecule has 0 nitrogen and oxygen atoms in total. The van der Waals surface area contributed by atoms with Crippen LogP contribution < -0.4 is 0 Å². The van der Waals surface area contributed by atoms with Crippen LogP contribution in [0.3, 0.4) is 0 Å². The van der Waals surface area contributed by atoms with Crippen molar-refractivity contribution in [3.05, 3.63) is 89.0 Å². The van der Waals surface area contributed by atoms with Crippen molar-refractivity contribution in [2.24, 2.45) is 0 Å². The van der Waals surface area contributed by atoms with Crippen LogP contribution >= 0.6 is 0 Å². The number of allylic oxidation sites excluding steroid dienone is 3. The molecular weight excluding hydrogens is 374 g/mol. The summed E-state index contributed by atoms with van der Waals surface area (Å²) in [5.41, 5.74) is 5.28. The Bertz CT molecular complexity index is 1120. The van der Waals surface area contributed by atoms with Gasteiger partial charge in [-0.1, -0.05) is 63.1 Å². The van der Waals surface area contributed by atoms with Gasteiger partial charge in [-0.3, -0.25) is 0 Å². The fourth-order valence-corrected chi connectivity index (χ4v) is 4.47. The minimum atomic E-state index is -0.236. The fourth-order valence-electron chi connectivity index (χ4n) is 4.47. The van der Waals surface area contributed by atoms with Gasteiger partial charge in [-0.25, -0.2) is 8.78 Å². The summed E-state index contributed by atoms with van der Waals surface area (Å²) in [5, 5.41) is 1.99. The molecule has 0 radical (unpaired) electrons. The van der Waals surface area contributed by atoms with E-state index in [0.717, 1.165) is 70.7 Å². The van der Waals surface area contributed by atoms with Gasteiger partial charge in [0.2, 0.25) is 0 Å². The second-order valence-electron chi connectivity index (χ2n) is 8.13. The Morgan fingerprint density at radius 3 is 2.37 bits per heavy atom. The molecule has 1 aliphatic carbocycles. The van der Waals surface area contributed by atoms with Crippen molar-refractivity contribution < 1.29 is 8.78 Å². The Morgan fingerprint density at radius 1 is 0.833 bits per heavy atom. The molecule has 3 aromatic carbocycles. The molecule has 0 aliphatic heterocycles. The first kappa shape index (κ1) is 20.5. The van der Waals surface area contributed by atoms with Gasteiger partial charge in [-0.2, -0.15) is 0 Å². The molecule has 0 bridgehead atoms. The monoisotopic (exact) mass is 402 g/mol. The lowest BCUT2D eigenvalue weighted by Gasteiger charge is -2.28. The van der Waals surface area contributed by atoms with Crippen LogP contribution in [0, 0.1) is 11.6 Å². The smallest absolute Gasteiger partial charge is 0.123 e. The molecule has 1 aliphatic rings. The number of rotatable bonds is 6. The van der Waals surface area contributed by atoms with Crippen LogP contribution in [0.25, 0.3) is 28.0 Å². The van der Waals surface area contributed by atoms with Crippen molar-refractivity contribution in [2.75, 3.05) is 0 Å². The van der Waals surface area contributed by atoms with E-state index in [-0.39, 0.29) is 17.6 Å². The van der Waals surface area contributed by atoms with Crippen molar-refractivity contribution in [3.8, 4) is 11.1 Å². The van der Waals surface area contributed by atoms with Gasteiger partial charge in [-0.15, -0.1) is 0 Å². The molecule has 2 heteroatoms. The maximum absolute atomic E-state index is 14.3. The number of hydrogen-bond acceptors (Lipinski definition) is 0. The van der Waals surface area contributed by atoms with Gasteiger partial charge in [0.05, 0.1) is 0 Å². The first-order valence-electron chi connectivity index (χ1n) is 11.0. The second-order valence-corrected chi connectivity index (χ2v) is 8.13. The first-order valence-corrected chi connectivity index (χ1v) is 11.0. The Hall–Kier alpha value is -2.74. The predicted octanol–water partition coefficient (Wildman–Crippen LogP) is 8.59. The highest BCUT2D eigenvalue weighted by atomic mass is 19.1. The van der Waals surface area contributed by atoms with E-state index in [4.69, 9.17) is 0 Å². The van der Waals surface area contributed by atoms with E-state index in [9.17, 15) is 8.78 Å². The standard InChI is InChI=1S/C28H28F2/c1-3-5-7-9-19-15-25-26(27-17-21(29)11-13-23(19)27)16-20(10-8-6-4-2)24-14-12-22(30)18-28(24)25/h7-15,17-18,20H,3-6,16H2,1-2H3/b9-7+,10-8+. The second kappa shape index (κ2) is 8.95. The summed E-state index contributed by atoms with van der Waals surface area (Å²) in [7, 11) is 0. The van der Waals surface area contributed by atoms with E-state index in [1.54, 1.807) is 18.2 Å². The maximum atomic E-state index is 14.3. The molecule has 1 atom stereocenters. The van der Waals surface area contributed by atoms with Crippen LogP contribution in [0.2, 0.25) is 0 Å². The van der Waals surface area contributed by atoms with E-state index in [0.29, 0.717) is 0 Å². The molecule has 0 amide bonds. The average Bonchev–Trinajstić information content (AvgIpc) is 2.74. The molecule has 0 spiro atoms. The minimum absolute atomic E-state index is 0.174. The van der Waals surface area contributed by atoms with E-state index in [1.165, 1.54) is 6.07 Å².